The summed E-state index contributed by atoms with van der Waals surface area (Å²) in [6.45, 7) is 2.35. The molecule has 2 rings (SSSR count). The standard InChI is InChI=1S/C17H23N3O5/c1-11(15(21)19-13-4-3-5-14(10-13)24-2)25-16(22)12-6-8-20(9-7-12)17(18)23/h3-5,10-12H,6-9H2,1-2H3,(H2,18,23)(H,19,21)/t11-/m0/s1. The van der Waals surface area contributed by atoms with Crippen molar-refractivity contribution in [1.29, 1.82) is 0 Å². The molecule has 0 bridgehead atoms. The Bertz CT molecular complexity index is 641. The predicted octanol–water partition coefficient (Wildman–Crippen LogP) is 1.36. The molecule has 1 saturated heterocycles. The first-order valence-electron chi connectivity index (χ1n) is 8.10. The lowest BCUT2D eigenvalue weighted by Gasteiger charge is -2.30. The number of carbonyl (C=O) groups excluding carboxylic acids is 3. The maximum Gasteiger partial charge on any atom is 0.314 e. The number of primary amides is 1. The Morgan fingerprint density at radius 3 is 2.56 bits per heavy atom. The summed E-state index contributed by atoms with van der Waals surface area (Å²) in [5, 5.41) is 2.68. The van der Waals surface area contributed by atoms with E-state index in [1.54, 1.807) is 24.3 Å². The largest absolute Gasteiger partial charge is 0.497 e. The third-order valence-electron chi connectivity index (χ3n) is 4.14. The number of amides is 3. The van der Waals surface area contributed by atoms with Gasteiger partial charge in [0.05, 0.1) is 13.0 Å². The number of likely N-dealkylation sites (tertiary alicyclic amines) is 1. The molecule has 1 atom stereocenters. The highest BCUT2D eigenvalue weighted by molar-refractivity contribution is 5.95. The van der Waals surface area contributed by atoms with Gasteiger partial charge in [-0.1, -0.05) is 6.07 Å². The molecule has 1 fully saturated rings. The summed E-state index contributed by atoms with van der Waals surface area (Å²) < 4.78 is 10.4. The topological polar surface area (TPSA) is 111 Å². The lowest BCUT2D eigenvalue weighted by Crippen LogP contribution is -2.44. The molecule has 0 unspecified atom stereocenters. The molecule has 0 spiro atoms. The minimum atomic E-state index is -0.923. The first-order chi connectivity index (χ1) is 11.9. The Balaban J connectivity index is 1.84. The van der Waals surface area contributed by atoms with Crippen molar-refractivity contribution in [2.24, 2.45) is 11.7 Å². The van der Waals surface area contributed by atoms with E-state index in [1.165, 1.54) is 18.9 Å². The maximum absolute atomic E-state index is 12.2. The molecule has 1 aromatic carbocycles. The summed E-state index contributed by atoms with van der Waals surface area (Å²) in [6.07, 6.45) is 0.0331. The van der Waals surface area contributed by atoms with E-state index in [0.29, 0.717) is 37.4 Å². The van der Waals surface area contributed by atoms with Gasteiger partial charge in [-0.05, 0) is 31.9 Å². The molecular formula is C17H23N3O5. The first kappa shape index (κ1) is 18.6. The smallest absolute Gasteiger partial charge is 0.314 e. The summed E-state index contributed by atoms with van der Waals surface area (Å²) in [7, 11) is 1.54. The maximum atomic E-state index is 12.2. The molecule has 8 nitrogen and oxygen atoms in total. The number of ether oxygens (including phenoxy) is 2. The van der Waals surface area contributed by atoms with Crippen LogP contribution >= 0.6 is 0 Å². The average Bonchev–Trinajstić information content (AvgIpc) is 2.61. The van der Waals surface area contributed by atoms with E-state index in [0.717, 1.165) is 0 Å². The fourth-order valence-corrected chi connectivity index (χ4v) is 2.60. The molecule has 3 amide bonds. The number of nitrogens with one attached hydrogen (secondary N) is 1. The molecule has 0 saturated carbocycles. The van der Waals surface area contributed by atoms with Gasteiger partial charge in [-0.25, -0.2) is 4.79 Å². The monoisotopic (exact) mass is 349 g/mol. The fourth-order valence-electron chi connectivity index (χ4n) is 2.60. The fraction of sp³-hybridized carbons (Fsp3) is 0.471. The molecule has 0 aromatic heterocycles. The molecule has 1 aliphatic rings. The van der Waals surface area contributed by atoms with Crippen LogP contribution in [0.1, 0.15) is 19.8 Å². The van der Waals surface area contributed by atoms with E-state index in [-0.39, 0.29) is 5.92 Å². The molecule has 1 aliphatic heterocycles. The number of nitrogens with zero attached hydrogens (tertiary/aromatic N) is 1. The van der Waals surface area contributed by atoms with Crippen molar-refractivity contribution in [2.75, 3.05) is 25.5 Å². The molecule has 8 heteroatoms. The first-order valence-corrected chi connectivity index (χ1v) is 8.10. The number of benzene rings is 1. The number of hydrogen-bond acceptors (Lipinski definition) is 5. The van der Waals surface area contributed by atoms with Gasteiger partial charge in [-0.3, -0.25) is 9.59 Å². The van der Waals surface area contributed by atoms with Crippen molar-refractivity contribution < 1.29 is 23.9 Å². The Labute approximate surface area is 146 Å². The minimum absolute atomic E-state index is 0.331. The molecule has 0 aliphatic carbocycles. The zero-order valence-corrected chi connectivity index (χ0v) is 14.4. The van der Waals surface area contributed by atoms with Crippen LogP contribution in [-0.4, -0.2) is 49.1 Å². The average molecular weight is 349 g/mol. The third-order valence-corrected chi connectivity index (χ3v) is 4.14. The van der Waals surface area contributed by atoms with E-state index < -0.39 is 24.0 Å². The normalized spacial score (nSPS) is 16.0. The van der Waals surface area contributed by atoms with Gasteiger partial charge in [0.15, 0.2) is 6.10 Å². The quantitative estimate of drug-likeness (QED) is 0.780. The van der Waals surface area contributed by atoms with Crippen LogP contribution in [0.15, 0.2) is 24.3 Å². The molecule has 1 heterocycles. The van der Waals surface area contributed by atoms with Gasteiger partial charge >= 0.3 is 12.0 Å². The van der Waals surface area contributed by atoms with E-state index >= 15 is 0 Å². The number of rotatable bonds is 5. The second-order valence-electron chi connectivity index (χ2n) is 5.90. The molecular weight excluding hydrogens is 326 g/mol. The van der Waals surface area contributed by atoms with Crippen LogP contribution in [0.3, 0.4) is 0 Å². The van der Waals surface area contributed by atoms with Crippen LogP contribution in [-0.2, 0) is 14.3 Å². The number of piperidine rings is 1. The van der Waals surface area contributed by atoms with Crippen LogP contribution in [0.2, 0.25) is 0 Å². The van der Waals surface area contributed by atoms with E-state index in [2.05, 4.69) is 5.32 Å². The highest BCUT2D eigenvalue weighted by Gasteiger charge is 2.29. The molecule has 0 radical (unpaired) electrons. The van der Waals surface area contributed by atoms with Crippen LogP contribution in [0, 0.1) is 5.92 Å². The summed E-state index contributed by atoms with van der Waals surface area (Å²) in [4.78, 5) is 36.9. The zero-order chi connectivity index (χ0) is 18.4. The SMILES string of the molecule is COc1cccc(NC(=O)[C@H](C)OC(=O)C2CCN(C(N)=O)CC2)c1. The number of nitrogens with two attached hydrogens (primary N) is 1. The number of carbonyl (C=O) groups is 3. The van der Waals surface area contributed by atoms with Gasteiger partial charge in [0.2, 0.25) is 0 Å². The Morgan fingerprint density at radius 2 is 1.96 bits per heavy atom. The van der Waals surface area contributed by atoms with E-state index in [1.807, 2.05) is 0 Å². The number of methoxy groups -OCH3 is 1. The third kappa shape index (κ3) is 5.10. The van der Waals surface area contributed by atoms with Gasteiger partial charge in [0.25, 0.3) is 5.91 Å². The van der Waals surface area contributed by atoms with Crippen LogP contribution in [0.25, 0.3) is 0 Å². The zero-order valence-electron chi connectivity index (χ0n) is 14.4. The second-order valence-corrected chi connectivity index (χ2v) is 5.90. The highest BCUT2D eigenvalue weighted by Crippen LogP contribution is 2.20. The van der Waals surface area contributed by atoms with Crippen LogP contribution < -0.4 is 15.8 Å². The molecule has 25 heavy (non-hydrogen) atoms. The Morgan fingerprint density at radius 1 is 1.28 bits per heavy atom. The predicted molar refractivity (Wildman–Crippen MR) is 91.1 cm³/mol. The highest BCUT2D eigenvalue weighted by atomic mass is 16.5. The number of urea groups is 1. The van der Waals surface area contributed by atoms with E-state index in [9.17, 15) is 14.4 Å². The van der Waals surface area contributed by atoms with Gasteiger partial charge < -0.3 is 25.4 Å². The van der Waals surface area contributed by atoms with Crippen LogP contribution in [0.4, 0.5) is 10.5 Å². The van der Waals surface area contributed by atoms with E-state index in [4.69, 9.17) is 15.2 Å². The molecule has 1 aromatic rings. The minimum Gasteiger partial charge on any atom is -0.497 e. The lowest BCUT2D eigenvalue weighted by molar-refractivity contribution is -0.158. The van der Waals surface area contributed by atoms with Gasteiger partial charge in [0, 0.05) is 24.8 Å². The summed E-state index contributed by atoms with van der Waals surface area (Å²) >= 11 is 0. The van der Waals surface area contributed by atoms with Crippen molar-refractivity contribution >= 4 is 23.6 Å². The van der Waals surface area contributed by atoms with Gasteiger partial charge in [-0.15, -0.1) is 0 Å². The summed E-state index contributed by atoms with van der Waals surface area (Å²) in [5.74, 6) is -0.570. The number of anilines is 1. The lowest BCUT2D eigenvalue weighted by atomic mass is 9.97. The summed E-state index contributed by atoms with van der Waals surface area (Å²) in [6, 6.07) is 6.41. The second kappa shape index (κ2) is 8.36. The molecule has 3 N–H and O–H groups in total. The van der Waals surface area contributed by atoms with Crippen molar-refractivity contribution in [3.05, 3.63) is 24.3 Å². The number of hydrogen-bond donors (Lipinski definition) is 2. The van der Waals surface area contributed by atoms with Gasteiger partial charge in [0.1, 0.15) is 5.75 Å². The van der Waals surface area contributed by atoms with Crippen molar-refractivity contribution in [3.8, 4) is 5.75 Å². The van der Waals surface area contributed by atoms with Crippen molar-refractivity contribution in [2.45, 2.75) is 25.9 Å². The Hall–Kier alpha value is -2.77. The van der Waals surface area contributed by atoms with Crippen LogP contribution in [0.5, 0.6) is 5.75 Å². The number of esters is 1. The molecule has 136 valence electrons. The van der Waals surface area contributed by atoms with Gasteiger partial charge in [-0.2, -0.15) is 0 Å². The van der Waals surface area contributed by atoms with Crippen molar-refractivity contribution in [1.82, 2.24) is 4.90 Å². The Kier molecular flexibility index (Phi) is 6.21. The summed E-state index contributed by atoms with van der Waals surface area (Å²) in [5.41, 5.74) is 5.77. The van der Waals surface area contributed by atoms with Crippen molar-refractivity contribution in [3.63, 3.8) is 0 Å².